The summed E-state index contributed by atoms with van der Waals surface area (Å²) in [5.41, 5.74) is 4.03. The minimum Gasteiger partial charge on any atom is -0.506 e. The predicted octanol–water partition coefficient (Wildman–Crippen LogP) is 4.37. The maximum atomic E-state index is 12.3. The Kier molecular flexibility index (Phi) is 4.80. The minimum atomic E-state index is -0.288. The van der Waals surface area contributed by atoms with Crippen molar-refractivity contribution in [1.29, 1.82) is 0 Å². The second-order valence-corrected chi connectivity index (χ2v) is 6.03. The molecule has 3 aromatic carbocycles. The highest BCUT2D eigenvalue weighted by Crippen LogP contribution is 2.33. The standard InChI is InChI=1S/C21H20N2O3/c1-13-3-5-14(6-4-13)21(26)23-18-10-8-16(12-20(18)25)15-7-9-17(22-2)19(24)11-15/h3-12,22,24-25H,1-2H3,(H,23,26). The van der Waals surface area contributed by atoms with Crippen molar-refractivity contribution in [1.82, 2.24) is 0 Å². The summed E-state index contributed by atoms with van der Waals surface area (Å²) in [5, 5.41) is 25.8. The van der Waals surface area contributed by atoms with Gasteiger partial charge in [-0.3, -0.25) is 4.79 Å². The summed E-state index contributed by atoms with van der Waals surface area (Å²) in [4.78, 5) is 12.3. The molecule has 0 unspecified atom stereocenters. The molecule has 0 aromatic heterocycles. The van der Waals surface area contributed by atoms with Crippen LogP contribution in [0.15, 0.2) is 60.7 Å². The largest absolute Gasteiger partial charge is 0.506 e. The summed E-state index contributed by atoms with van der Waals surface area (Å²) in [6.07, 6.45) is 0. The van der Waals surface area contributed by atoms with Gasteiger partial charge in [-0.05, 0) is 54.4 Å². The van der Waals surface area contributed by atoms with E-state index in [1.54, 1.807) is 49.5 Å². The number of anilines is 2. The minimum absolute atomic E-state index is 0.0415. The quantitative estimate of drug-likeness (QED) is 0.528. The number of aromatic hydroxyl groups is 2. The molecule has 3 rings (SSSR count). The van der Waals surface area contributed by atoms with Gasteiger partial charge in [0.2, 0.25) is 0 Å². The lowest BCUT2D eigenvalue weighted by atomic mass is 10.0. The van der Waals surface area contributed by atoms with Gasteiger partial charge in [0.1, 0.15) is 11.5 Å². The van der Waals surface area contributed by atoms with Gasteiger partial charge in [-0.25, -0.2) is 0 Å². The van der Waals surface area contributed by atoms with Gasteiger partial charge in [0.05, 0.1) is 11.4 Å². The van der Waals surface area contributed by atoms with Crippen LogP contribution in [-0.2, 0) is 0 Å². The van der Waals surface area contributed by atoms with E-state index in [1.165, 1.54) is 0 Å². The smallest absolute Gasteiger partial charge is 0.255 e. The number of hydrogen-bond donors (Lipinski definition) is 4. The normalized spacial score (nSPS) is 10.4. The van der Waals surface area contributed by atoms with Gasteiger partial charge >= 0.3 is 0 Å². The van der Waals surface area contributed by atoms with Crippen LogP contribution in [-0.4, -0.2) is 23.2 Å². The zero-order valence-electron chi connectivity index (χ0n) is 14.6. The van der Waals surface area contributed by atoms with Gasteiger partial charge in [0, 0.05) is 12.6 Å². The average molecular weight is 348 g/mol. The zero-order chi connectivity index (χ0) is 18.7. The number of carbonyl (C=O) groups excluding carboxylic acids is 1. The first-order valence-corrected chi connectivity index (χ1v) is 8.20. The fourth-order valence-electron chi connectivity index (χ4n) is 2.64. The molecule has 3 aromatic rings. The van der Waals surface area contributed by atoms with Crippen molar-refractivity contribution >= 4 is 17.3 Å². The molecule has 0 atom stereocenters. The Hall–Kier alpha value is -3.47. The number of phenolic OH excluding ortho intramolecular Hbond substituents is 2. The lowest BCUT2D eigenvalue weighted by molar-refractivity contribution is 0.102. The van der Waals surface area contributed by atoms with E-state index >= 15 is 0 Å². The Morgan fingerprint density at radius 2 is 1.35 bits per heavy atom. The highest BCUT2D eigenvalue weighted by atomic mass is 16.3. The van der Waals surface area contributed by atoms with Crippen LogP contribution in [0.3, 0.4) is 0 Å². The van der Waals surface area contributed by atoms with Gasteiger partial charge in [0.25, 0.3) is 5.91 Å². The van der Waals surface area contributed by atoms with E-state index < -0.39 is 0 Å². The monoisotopic (exact) mass is 348 g/mol. The average Bonchev–Trinajstić information content (AvgIpc) is 2.63. The molecule has 0 saturated carbocycles. The molecule has 0 fully saturated rings. The van der Waals surface area contributed by atoms with E-state index in [1.807, 2.05) is 25.1 Å². The molecule has 0 heterocycles. The van der Waals surface area contributed by atoms with E-state index in [9.17, 15) is 15.0 Å². The van der Waals surface area contributed by atoms with Crippen molar-refractivity contribution < 1.29 is 15.0 Å². The van der Waals surface area contributed by atoms with Crippen molar-refractivity contribution in [3.8, 4) is 22.6 Å². The molecule has 0 bridgehead atoms. The fraction of sp³-hybridized carbons (Fsp3) is 0.0952. The highest BCUT2D eigenvalue weighted by molar-refractivity contribution is 6.05. The Bertz CT molecular complexity index is 950. The molecular weight excluding hydrogens is 328 g/mol. The molecule has 26 heavy (non-hydrogen) atoms. The van der Waals surface area contributed by atoms with Crippen molar-refractivity contribution in [2.24, 2.45) is 0 Å². The van der Waals surface area contributed by atoms with E-state index in [-0.39, 0.29) is 17.4 Å². The Balaban J connectivity index is 1.82. The first kappa shape index (κ1) is 17.4. The number of rotatable bonds is 4. The Morgan fingerprint density at radius 1 is 0.808 bits per heavy atom. The third-order valence-corrected chi connectivity index (χ3v) is 4.16. The van der Waals surface area contributed by atoms with Crippen LogP contribution in [0, 0.1) is 6.92 Å². The fourth-order valence-corrected chi connectivity index (χ4v) is 2.64. The van der Waals surface area contributed by atoms with Crippen LogP contribution >= 0.6 is 0 Å². The summed E-state index contributed by atoms with van der Waals surface area (Å²) < 4.78 is 0. The van der Waals surface area contributed by atoms with Crippen molar-refractivity contribution in [3.63, 3.8) is 0 Å². The first-order chi connectivity index (χ1) is 12.5. The number of aryl methyl sites for hydroxylation is 1. The summed E-state index contributed by atoms with van der Waals surface area (Å²) >= 11 is 0. The van der Waals surface area contributed by atoms with Gasteiger partial charge in [-0.2, -0.15) is 0 Å². The molecule has 0 spiro atoms. The molecular formula is C21H20N2O3. The third kappa shape index (κ3) is 3.62. The molecule has 5 nitrogen and oxygen atoms in total. The molecule has 5 heteroatoms. The van der Waals surface area contributed by atoms with Crippen molar-refractivity contribution in [2.45, 2.75) is 6.92 Å². The van der Waals surface area contributed by atoms with Crippen molar-refractivity contribution in [3.05, 3.63) is 71.8 Å². The molecule has 0 radical (unpaired) electrons. The van der Waals surface area contributed by atoms with Crippen molar-refractivity contribution in [2.75, 3.05) is 17.7 Å². The first-order valence-electron chi connectivity index (χ1n) is 8.20. The lowest BCUT2D eigenvalue weighted by Crippen LogP contribution is -2.11. The topological polar surface area (TPSA) is 81.6 Å². The predicted molar refractivity (Wildman–Crippen MR) is 104 cm³/mol. The Morgan fingerprint density at radius 3 is 1.85 bits per heavy atom. The Labute approximate surface area is 151 Å². The molecule has 1 amide bonds. The van der Waals surface area contributed by atoms with Crippen LogP contribution in [0.4, 0.5) is 11.4 Å². The summed E-state index contributed by atoms with van der Waals surface area (Å²) in [7, 11) is 1.73. The van der Waals surface area contributed by atoms with Gasteiger partial charge in [0.15, 0.2) is 0 Å². The molecule has 0 aliphatic carbocycles. The maximum Gasteiger partial charge on any atom is 0.255 e. The molecule has 132 valence electrons. The van der Waals surface area contributed by atoms with Crippen LogP contribution in [0.25, 0.3) is 11.1 Å². The van der Waals surface area contributed by atoms with E-state index in [2.05, 4.69) is 10.6 Å². The van der Waals surface area contributed by atoms with Crippen LogP contribution in [0.5, 0.6) is 11.5 Å². The molecule has 0 aliphatic heterocycles. The second kappa shape index (κ2) is 7.19. The zero-order valence-corrected chi connectivity index (χ0v) is 14.6. The van der Waals surface area contributed by atoms with Gasteiger partial charge < -0.3 is 20.8 Å². The summed E-state index contributed by atoms with van der Waals surface area (Å²) in [6, 6.07) is 17.4. The lowest BCUT2D eigenvalue weighted by Gasteiger charge is -2.11. The highest BCUT2D eigenvalue weighted by Gasteiger charge is 2.11. The summed E-state index contributed by atoms with van der Waals surface area (Å²) in [5.74, 6) is -0.203. The number of phenols is 2. The third-order valence-electron chi connectivity index (χ3n) is 4.16. The molecule has 4 N–H and O–H groups in total. The van der Waals surface area contributed by atoms with Crippen LogP contribution in [0.1, 0.15) is 15.9 Å². The molecule has 0 aliphatic rings. The number of amides is 1. The van der Waals surface area contributed by atoms with Crippen LogP contribution in [0.2, 0.25) is 0 Å². The second-order valence-electron chi connectivity index (χ2n) is 6.03. The van der Waals surface area contributed by atoms with E-state index in [0.717, 1.165) is 16.7 Å². The van der Waals surface area contributed by atoms with E-state index in [0.29, 0.717) is 16.9 Å². The van der Waals surface area contributed by atoms with Crippen LogP contribution < -0.4 is 10.6 Å². The summed E-state index contributed by atoms with van der Waals surface area (Å²) in [6.45, 7) is 1.95. The maximum absolute atomic E-state index is 12.3. The molecule has 0 saturated heterocycles. The van der Waals surface area contributed by atoms with E-state index in [4.69, 9.17) is 0 Å². The SMILES string of the molecule is CNc1ccc(-c2ccc(NC(=O)c3ccc(C)cc3)c(O)c2)cc1O. The number of carbonyl (C=O) groups is 1. The van der Waals surface area contributed by atoms with Gasteiger partial charge in [-0.15, -0.1) is 0 Å². The number of nitrogens with one attached hydrogen (secondary N) is 2. The van der Waals surface area contributed by atoms with Gasteiger partial charge in [-0.1, -0.05) is 29.8 Å². The number of benzene rings is 3. The number of hydrogen-bond acceptors (Lipinski definition) is 4.